The van der Waals surface area contributed by atoms with Crippen LogP contribution in [-0.4, -0.2) is 44.0 Å². The Balaban J connectivity index is 2.06. The van der Waals surface area contributed by atoms with Gasteiger partial charge < -0.3 is 10.1 Å². The van der Waals surface area contributed by atoms with E-state index in [-0.39, 0.29) is 17.8 Å². The molecule has 0 radical (unpaired) electrons. The van der Waals surface area contributed by atoms with Crippen molar-refractivity contribution >= 4 is 39.4 Å². The standard InChI is InChI=1S/C15H16ClN3O5S/c1-10-13(15(21)24-2)8-19(25(22,23)18-10)9-14(20)17-7-11-3-5-12(16)6-4-11/h3-6,8H,7,9H2,1-2H3,(H,17,20). The van der Waals surface area contributed by atoms with Gasteiger partial charge in [-0.05, 0) is 24.6 Å². The molecule has 2 rings (SSSR count). The molecule has 0 aliphatic carbocycles. The quantitative estimate of drug-likeness (QED) is 0.762. The number of hydrogen-bond acceptors (Lipinski definition) is 5. The van der Waals surface area contributed by atoms with Crippen LogP contribution in [-0.2, 0) is 31.1 Å². The van der Waals surface area contributed by atoms with Gasteiger partial charge in [-0.2, -0.15) is 8.42 Å². The molecule has 0 bridgehead atoms. The number of ether oxygens (including phenoxy) is 1. The molecule has 8 nitrogen and oxygen atoms in total. The van der Waals surface area contributed by atoms with E-state index in [0.717, 1.165) is 11.8 Å². The summed E-state index contributed by atoms with van der Waals surface area (Å²) in [6, 6.07) is 6.84. The number of halogens is 1. The number of benzene rings is 1. The summed E-state index contributed by atoms with van der Waals surface area (Å²) in [5, 5.41) is 3.16. The van der Waals surface area contributed by atoms with Gasteiger partial charge in [0.25, 0.3) is 0 Å². The number of rotatable bonds is 5. The van der Waals surface area contributed by atoms with E-state index in [2.05, 4.69) is 14.5 Å². The Bertz CT molecular complexity index is 846. The Labute approximate surface area is 150 Å². The molecule has 0 spiro atoms. The van der Waals surface area contributed by atoms with Gasteiger partial charge in [-0.3, -0.25) is 4.79 Å². The molecule has 0 aromatic heterocycles. The first kappa shape index (κ1) is 18.9. The Hall–Kier alpha value is -2.39. The second kappa shape index (κ2) is 7.66. The van der Waals surface area contributed by atoms with Gasteiger partial charge in [0, 0.05) is 17.8 Å². The number of methoxy groups -OCH3 is 1. The molecular weight excluding hydrogens is 370 g/mol. The first-order chi connectivity index (χ1) is 11.7. The Kier molecular flexibility index (Phi) is 5.81. The van der Waals surface area contributed by atoms with Crippen LogP contribution in [0.3, 0.4) is 0 Å². The highest BCUT2D eigenvalue weighted by Gasteiger charge is 2.29. The van der Waals surface area contributed by atoms with Crippen LogP contribution in [0.15, 0.2) is 40.4 Å². The number of carbonyl (C=O) groups is 2. The smallest absolute Gasteiger partial charge is 0.344 e. The average molecular weight is 386 g/mol. The zero-order chi connectivity index (χ0) is 18.6. The molecule has 1 heterocycles. The number of nitrogens with one attached hydrogen (secondary N) is 1. The molecule has 0 saturated heterocycles. The molecule has 0 fully saturated rings. The highest BCUT2D eigenvalue weighted by atomic mass is 35.5. The summed E-state index contributed by atoms with van der Waals surface area (Å²) in [7, 11) is -2.90. The van der Waals surface area contributed by atoms with Crippen LogP contribution in [0.1, 0.15) is 12.5 Å². The second-order valence-electron chi connectivity index (χ2n) is 5.14. The number of amides is 1. The van der Waals surface area contributed by atoms with Crippen molar-refractivity contribution in [2.24, 2.45) is 4.40 Å². The van der Waals surface area contributed by atoms with Crippen LogP contribution in [0.5, 0.6) is 0 Å². The molecule has 0 unspecified atom stereocenters. The van der Waals surface area contributed by atoms with Gasteiger partial charge in [0.1, 0.15) is 6.54 Å². The maximum Gasteiger partial charge on any atom is 0.344 e. The van der Waals surface area contributed by atoms with Gasteiger partial charge in [-0.25, -0.2) is 9.10 Å². The highest BCUT2D eigenvalue weighted by molar-refractivity contribution is 7.88. The molecule has 25 heavy (non-hydrogen) atoms. The van der Waals surface area contributed by atoms with Gasteiger partial charge in [-0.15, -0.1) is 4.40 Å². The van der Waals surface area contributed by atoms with E-state index < -0.39 is 28.6 Å². The predicted octanol–water partition coefficient (Wildman–Crippen LogP) is 1.03. The van der Waals surface area contributed by atoms with Crippen molar-refractivity contribution in [3.63, 3.8) is 0 Å². The van der Waals surface area contributed by atoms with E-state index in [1.165, 1.54) is 14.0 Å². The molecule has 1 aliphatic heterocycles. The fourth-order valence-electron chi connectivity index (χ4n) is 2.02. The van der Waals surface area contributed by atoms with Crippen LogP contribution in [0.4, 0.5) is 0 Å². The topological polar surface area (TPSA) is 105 Å². The lowest BCUT2D eigenvalue weighted by Crippen LogP contribution is -2.39. The van der Waals surface area contributed by atoms with E-state index in [1.54, 1.807) is 24.3 Å². The third kappa shape index (κ3) is 4.80. The SMILES string of the molecule is COC(=O)C1=CN(CC(=O)NCc2ccc(Cl)cc2)S(=O)(=O)N=C1C. The van der Waals surface area contributed by atoms with Gasteiger partial charge in [0.15, 0.2) is 0 Å². The third-order valence-corrected chi connectivity index (χ3v) is 4.90. The molecule has 1 N–H and O–H groups in total. The summed E-state index contributed by atoms with van der Waals surface area (Å²) in [6.07, 6.45) is 1.05. The predicted molar refractivity (Wildman–Crippen MR) is 92.1 cm³/mol. The maximum absolute atomic E-state index is 12.0. The van der Waals surface area contributed by atoms with Crippen LogP contribution in [0.2, 0.25) is 5.02 Å². The van der Waals surface area contributed by atoms with Crippen molar-refractivity contribution in [3.8, 4) is 0 Å². The van der Waals surface area contributed by atoms with Crippen molar-refractivity contribution in [2.45, 2.75) is 13.5 Å². The minimum absolute atomic E-state index is 0.00433. The first-order valence-electron chi connectivity index (χ1n) is 7.13. The van der Waals surface area contributed by atoms with Crippen LogP contribution < -0.4 is 5.32 Å². The van der Waals surface area contributed by atoms with Gasteiger partial charge in [0.2, 0.25) is 5.91 Å². The van der Waals surface area contributed by atoms with Crippen LogP contribution in [0.25, 0.3) is 0 Å². The number of carbonyl (C=O) groups excluding carboxylic acids is 2. The Morgan fingerprint density at radius 2 is 1.92 bits per heavy atom. The summed E-state index contributed by atoms with van der Waals surface area (Å²) in [6.45, 7) is 1.07. The van der Waals surface area contributed by atoms with Crippen LogP contribution in [0, 0.1) is 0 Å². The van der Waals surface area contributed by atoms with Crippen LogP contribution >= 0.6 is 11.6 Å². The van der Waals surface area contributed by atoms with Crippen molar-refractivity contribution in [1.82, 2.24) is 9.62 Å². The van der Waals surface area contributed by atoms with E-state index in [9.17, 15) is 18.0 Å². The molecule has 1 aromatic carbocycles. The van der Waals surface area contributed by atoms with E-state index in [4.69, 9.17) is 11.6 Å². The number of hydrogen-bond donors (Lipinski definition) is 1. The zero-order valence-corrected chi connectivity index (χ0v) is 15.1. The van der Waals surface area contributed by atoms with Gasteiger partial charge in [-0.1, -0.05) is 23.7 Å². The summed E-state index contributed by atoms with van der Waals surface area (Å²) in [4.78, 5) is 23.7. The van der Waals surface area contributed by atoms with Crippen molar-refractivity contribution in [1.29, 1.82) is 0 Å². The molecule has 134 valence electrons. The van der Waals surface area contributed by atoms with E-state index in [0.29, 0.717) is 9.33 Å². The van der Waals surface area contributed by atoms with Crippen molar-refractivity contribution < 1.29 is 22.7 Å². The summed E-state index contributed by atoms with van der Waals surface area (Å²) < 4.78 is 32.8. The molecule has 0 saturated carbocycles. The second-order valence-corrected chi connectivity index (χ2v) is 7.12. The van der Waals surface area contributed by atoms with Gasteiger partial charge in [0.05, 0.1) is 18.4 Å². The fraction of sp³-hybridized carbons (Fsp3) is 0.267. The number of nitrogens with zero attached hydrogens (tertiary/aromatic N) is 2. The minimum Gasteiger partial charge on any atom is -0.465 e. The lowest BCUT2D eigenvalue weighted by molar-refractivity contribution is -0.135. The Morgan fingerprint density at radius 3 is 2.52 bits per heavy atom. The van der Waals surface area contributed by atoms with Crippen molar-refractivity contribution in [3.05, 3.63) is 46.6 Å². The van der Waals surface area contributed by atoms with Crippen molar-refractivity contribution in [2.75, 3.05) is 13.7 Å². The summed E-state index contributed by atoms with van der Waals surface area (Å²) >= 11 is 5.78. The van der Waals surface area contributed by atoms with E-state index >= 15 is 0 Å². The molecule has 1 aromatic rings. The molecule has 10 heteroatoms. The summed E-state index contributed by atoms with van der Waals surface area (Å²) in [5.41, 5.74) is 0.784. The third-order valence-electron chi connectivity index (χ3n) is 3.32. The molecule has 1 amide bonds. The zero-order valence-electron chi connectivity index (χ0n) is 13.5. The largest absolute Gasteiger partial charge is 0.465 e. The number of esters is 1. The minimum atomic E-state index is -4.07. The monoisotopic (exact) mass is 385 g/mol. The first-order valence-corrected chi connectivity index (χ1v) is 8.90. The fourth-order valence-corrected chi connectivity index (χ4v) is 3.21. The lowest BCUT2D eigenvalue weighted by Gasteiger charge is -2.22. The molecule has 1 aliphatic rings. The molecule has 0 atom stereocenters. The average Bonchev–Trinajstić information content (AvgIpc) is 2.55. The summed E-state index contributed by atoms with van der Waals surface area (Å²) in [5.74, 6) is -1.28. The molecular formula is C15H16ClN3O5S. The Morgan fingerprint density at radius 1 is 1.28 bits per heavy atom. The highest BCUT2D eigenvalue weighted by Crippen LogP contribution is 2.17. The normalized spacial score (nSPS) is 15.9. The van der Waals surface area contributed by atoms with E-state index in [1.807, 2.05) is 0 Å². The van der Waals surface area contributed by atoms with Gasteiger partial charge >= 0.3 is 16.2 Å². The lowest BCUT2D eigenvalue weighted by atomic mass is 10.2. The maximum atomic E-state index is 12.0.